The molecule has 33 heavy (non-hydrogen) atoms. The van der Waals surface area contributed by atoms with Gasteiger partial charge in [-0.1, -0.05) is 42.1 Å². The Bertz CT molecular complexity index is 1140. The number of carbonyl (C=O) groups excluding carboxylic acids is 2. The van der Waals surface area contributed by atoms with Crippen LogP contribution in [-0.2, 0) is 11.3 Å². The minimum absolute atomic E-state index is 0.149. The largest absolute Gasteiger partial charge is 0.497 e. The number of hydrogen-bond acceptors (Lipinski definition) is 6. The molecule has 1 heterocycles. The molecule has 2 amide bonds. The van der Waals surface area contributed by atoms with Crippen LogP contribution in [0.4, 0.5) is 5.69 Å². The predicted octanol–water partition coefficient (Wildman–Crippen LogP) is 4.00. The van der Waals surface area contributed by atoms with Crippen molar-refractivity contribution in [3.8, 4) is 5.75 Å². The number of benzene rings is 2. The maximum absolute atomic E-state index is 12.7. The second-order valence-corrected chi connectivity index (χ2v) is 8.26. The van der Waals surface area contributed by atoms with Crippen molar-refractivity contribution in [3.05, 3.63) is 78.1 Å². The second-order valence-electron chi connectivity index (χ2n) is 7.32. The van der Waals surface area contributed by atoms with Crippen LogP contribution in [0, 0.1) is 6.92 Å². The van der Waals surface area contributed by atoms with Gasteiger partial charge in [0, 0.05) is 23.9 Å². The monoisotopic (exact) mass is 465 g/mol. The highest BCUT2D eigenvalue weighted by Gasteiger charge is 2.21. The molecule has 0 aliphatic rings. The van der Waals surface area contributed by atoms with Crippen molar-refractivity contribution in [2.75, 3.05) is 18.2 Å². The smallest absolute Gasteiger partial charge is 0.252 e. The van der Waals surface area contributed by atoms with E-state index in [0.717, 1.165) is 5.56 Å². The molecule has 0 spiro atoms. The van der Waals surface area contributed by atoms with Crippen molar-refractivity contribution in [1.29, 1.82) is 0 Å². The van der Waals surface area contributed by atoms with Gasteiger partial charge < -0.3 is 19.9 Å². The molecule has 0 aliphatic heterocycles. The Hall–Kier alpha value is -3.59. The zero-order valence-corrected chi connectivity index (χ0v) is 19.7. The summed E-state index contributed by atoms with van der Waals surface area (Å²) in [5, 5.41) is 14.9. The first kappa shape index (κ1) is 24.1. The van der Waals surface area contributed by atoms with Gasteiger partial charge in [0.15, 0.2) is 11.0 Å². The third kappa shape index (κ3) is 6.23. The van der Waals surface area contributed by atoms with E-state index >= 15 is 0 Å². The van der Waals surface area contributed by atoms with E-state index in [1.165, 1.54) is 11.8 Å². The first-order chi connectivity index (χ1) is 15.9. The molecule has 0 unspecified atom stereocenters. The molecular formula is C24H27N5O3S. The summed E-state index contributed by atoms with van der Waals surface area (Å²) in [4.78, 5) is 25.1. The second kappa shape index (κ2) is 11.3. The fourth-order valence-electron chi connectivity index (χ4n) is 3.22. The Morgan fingerprint density at radius 2 is 2.00 bits per heavy atom. The van der Waals surface area contributed by atoms with Gasteiger partial charge in [0.05, 0.1) is 18.9 Å². The van der Waals surface area contributed by atoms with Gasteiger partial charge in [-0.2, -0.15) is 0 Å². The van der Waals surface area contributed by atoms with Gasteiger partial charge in [0.25, 0.3) is 5.91 Å². The van der Waals surface area contributed by atoms with Crippen molar-refractivity contribution < 1.29 is 14.3 Å². The first-order valence-corrected chi connectivity index (χ1v) is 11.4. The number of ether oxygens (including phenoxy) is 1. The number of nitrogens with one attached hydrogen (secondary N) is 2. The van der Waals surface area contributed by atoms with Crippen LogP contribution in [0.15, 0.2) is 66.3 Å². The molecular weight excluding hydrogens is 438 g/mol. The summed E-state index contributed by atoms with van der Waals surface area (Å²) in [5.41, 5.74) is 2.16. The van der Waals surface area contributed by atoms with Gasteiger partial charge in [-0.05, 0) is 37.6 Å². The highest BCUT2D eigenvalue weighted by atomic mass is 32.2. The highest BCUT2D eigenvalue weighted by molar-refractivity contribution is 7.99. The minimum atomic E-state index is -0.385. The van der Waals surface area contributed by atoms with Gasteiger partial charge in [0.1, 0.15) is 5.75 Å². The normalized spacial score (nSPS) is 11.5. The number of carbonyl (C=O) groups is 2. The van der Waals surface area contributed by atoms with Crippen LogP contribution in [0.25, 0.3) is 0 Å². The standard InChI is InChI=1S/C24H27N5O3S/c1-5-13-29-22(17(3)25-23(31)20-12-7-6-9-16(20)2)27-28-24(29)33-15-21(30)26-18-10-8-11-19(14-18)32-4/h5-12,14,17H,1,13,15H2,2-4H3,(H,25,31)(H,26,30)/t17-/m1/s1. The topological polar surface area (TPSA) is 98.1 Å². The van der Waals surface area contributed by atoms with E-state index in [1.54, 1.807) is 37.5 Å². The van der Waals surface area contributed by atoms with Crippen LogP contribution in [0.2, 0.25) is 0 Å². The third-order valence-corrected chi connectivity index (χ3v) is 5.83. The number of amides is 2. The molecule has 0 fully saturated rings. The molecule has 0 saturated carbocycles. The molecule has 9 heteroatoms. The zero-order chi connectivity index (χ0) is 23.8. The summed E-state index contributed by atoms with van der Waals surface area (Å²) < 4.78 is 7.02. The molecule has 0 bridgehead atoms. The van der Waals surface area contributed by atoms with Gasteiger partial charge in [0.2, 0.25) is 5.91 Å². The average Bonchev–Trinajstić information content (AvgIpc) is 3.21. The Labute approximate surface area is 197 Å². The lowest BCUT2D eigenvalue weighted by atomic mass is 10.1. The van der Waals surface area contributed by atoms with Gasteiger partial charge >= 0.3 is 0 Å². The number of aromatic nitrogens is 3. The summed E-state index contributed by atoms with van der Waals surface area (Å²) in [6.45, 7) is 8.00. The molecule has 172 valence electrons. The average molecular weight is 466 g/mol. The van der Waals surface area contributed by atoms with Gasteiger partial charge in [-0.15, -0.1) is 16.8 Å². The lowest BCUT2D eigenvalue weighted by Crippen LogP contribution is -2.29. The number of nitrogens with zero attached hydrogens (tertiary/aromatic N) is 3. The summed E-state index contributed by atoms with van der Waals surface area (Å²) in [6, 6.07) is 14.2. The highest BCUT2D eigenvalue weighted by Crippen LogP contribution is 2.22. The predicted molar refractivity (Wildman–Crippen MR) is 130 cm³/mol. The van der Waals surface area contributed by atoms with E-state index in [0.29, 0.717) is 34.5 Å². The Morgan fingerprint density at radius 3 is 2.73 bits per heavy atom. The van der Waals surface area contributed by atoms with Crippen molar-refractivity contribution in [1.82, 2.24) is 20.1 Å². The number of allylic oxidation sites excluding steroid dienone is 1. The molecule has 1 atom stereocenters. The number of aryl methyl sites for hydroxylation is 1. The molecule has 3 rings (SSSR count). The lowest BCUT2D eigenvalue weighted by Gasteiger charge is -2.16. The number of methoxy groups -OCH3 is 1. The maximum Gasteiger partial charge on any atom is 0.252 e. The van der Waals surface area contributed by atoms with Crippen molar-refractivity contribution in [2.24, 2.45) is 0 Å². The van der Waals surface area contributed by atoms with E-state index in [1.807, 2.05) is 42.7 Å². The van der Waals surface area contributed by atoms with Crippen LogP contribution < -0.4 is 15.4 Å². The maximum atomic E-state index is 12.7. The molecule has 2 N–H and O–H groups in total. The van der Waals surface area contributed by atoms with E-state index in [-0.39, 0.29) is 23.6 Å². The van der Waals surface area contributed by atoms with E-state index in [9.17, 15) is 9.59 Å². The molecule has 2 aromatic carbocycles. The number of thioether (sulfide) groups is 1. The number of anilines is 1. The van der Waals surface area contributed by atoms with Crippen LogP contribution >= 0.6 is 11.8 Å². The molecule has 0 aliphatic carbocycles. The summed E-state index contributed by atoms with van der Waals surface area (Å²) in [5.74, 6) is 1.05. The van der Waals surface area contributed by atoms with Crippen molar-refractivity contribution in [3.63, 3.8) is 0 Å². The van der Waals surface area contributed by atoms with Crippen LogP contribution in [-0.4, -0.2) is 39.4 Å². The number of rotatable bonds is 10. The van der Waals surface area contributed by atoms with E-state index in [2.05, 4.69) is 27.4 Å². The lowest BCUT2D eigenvalue weighted by molar-refractivity contribution is -0.113. The minimum Gasteiger partial charge on any atom is -0.497 e. The zero-order valence-electron chi connectivity index (χ0n) is 18.9. The molecule has 0 radical (unpaired) electrons. The van der Waals surface area contributed by atoms with Crippen LogP contribution in [0.5, 0.6) is 5.75 Å². The Morgan fingerprint density at radius 1 is 1.21 bits per heavy atom. The quantitative estimate of drug-likeness (QED) is 0.347. The summed E-state index contributed by atoms with van der Waals surface area (Å²) >= 11 is 1.27. The van der Waals surface area contributed by atoms with E-state index in [4.69, 9.17) is 4.74 Å². The van der Waals surface area contributed by atoms with Crippen LogP contribution in [0.1, 0.15) is 34.7 Å². The van der Waals surface area contributed by atoms with Crippen molar-refractivity contribution >= 4 is 29.3 Å². The first-order valence-electron chi connectivity index (χ1n) is 10.4. The Kier molecular flexibility index (Phi) is 8.26. The van der Waals surface area contributed by atoms with Crippen LogP contribution in [0.3, 0.4) is 0 Å². The van der Waals surface area contributed by atoms with Gasteiger partial charge in [-0.3, -0.25) is 9.59 Å². The fraction of sp³-hybridized carbons (Fsp3) is 0.250. The molecule has 1 aromatic heterocycles. The molecule has 3 aromatic rings. The van der Waals surface area contributed by atoms with E-state index < -0.39 is 0 Å². The Balaban J connectivity index is 1.67. The molecule has 0 saturated heterocycles. The fourth-order valence-corrected chi connectivity index (χ4v) is 3.98. The van der Waals surface area contributed by atoms with Crippen molar-refractivity contribution in [2.45, 2.75) is 31.6 Å². The summed E-state index contributed by atoms with van der Waals surface area (Å²) in [7, 11) is 1.57. The van der Waals surface area contributed by atoms with Gasteiger partial charge in [-0.25, -0.2) is 0 Å². The summed E-state index contributed by atoms with van der Waals surface area (Å²) in [6.07, 6.45) is 1.73. The number of hydrogen-bond donors (Lipinski definition) is 2. The molecule has 8 nitrogen and oxygen atoms in total. The SMILES string of the molecule is C=CCn1c(SCC(=O)Nc2cccc(OC)c2)nnc1[C@@H](C)NC(=O)c1ccccc1C. The third-order valence-electron chi connectivity index (χ3n) is 4.87.